The molecule has 4 aromatic rings. The molecule has 42 heavy (non-hydrogen) atoms. The van der Waals surface area contributed by atoms with Crippen molar-refractivity contribution in [2.24, 2.45) is 0 Å². The Kier molecular flexibility index (Phi) is 9.57. The summed E-state index contributed by atoms with van der Waals surface area (Å²) in [6.07, 6.45) is 3.03. The maximum atomic E-state index is 13.6. The van der Waals surface area contributed by atoms with Crippen LogP contribution in [-0.2, 0) is 20.2 Å². The third kappa shape index (κ3) is 7.51. The molecule has 0 amide bonds. The van der Waals surface area contributed by atoms with Gasteiger partial charge in [-0.2, -0.15) is 4.98 Å². The molecule has 0 bridgehead atoms. The van der Waals surface area contributed by atoms with E-state index >= 15 is 0 Å². The highest BCUT2D eigenvalue weighted by molar-refractivity contribution is 7.92. The third-order valence-electron chi connectivity index (χ3n) is 5.77. The van der Waals surface area contributed by atoms with Crippen molar-refractivity contribution < 1.29 is 27.4 Å². The zero-order chi connectivity index (χ0) is 30.2. The maximum absolute atomic E-state index is 13.6. The summed E-state index contributed by atoms with van der Waals surface area (Å²) in [7, 11) is -1.13. The number of methoxy groups -OCH3 is 2. The molecule has 2 heterocycles. The molecule has 0 saturated carbocycles. The largest absolute Gasteiger partial charge is 0.493 e. The second-order valence-corrected chi connectivity index (χ2v) is 11.5. The lowest BCUT2D eigenvalue weighted by Gasteiger charge is -2.20. The van der Waals surface area contributed by atoms with Gasteiger partial charge in [0, 0.05) is 19.5 Å². The molecule has 0 atom stereocenters. The summed E-state index contributed by atoms with van der Waals surface area (Å²) in [6, 6.07) is 15.1. The Labute approximate surface area is 245 Å². The number of rotatable bonds is 10. The average molecular weight is 590 g/mol. The summed E-state index contributed by atoms with van der Waals surface area (Å²) >= 11 is 0. The fourth-order valence-electron chi connectivity index (χ4n) is 3.62. The van der Waals surface area contributed by atoms with Crippen LogP contribution in [0, 0.1) is 11.8 Å². The van der Waals surface area contributed by atoms with Crippen LogP contribution in [0.5, 0.6) is 23.1 Å². The second-order valence-electron chi connectivity index (χ2n) is 9.81. The lowest BCUT2D eigenvalue weighted by molar-refractivity contribution is 0.239. The minimum absolute atomic E-state index is 0.00334. The number of nitrogens with one attached hydrogen (secondary N) is 1. The van der Waals surface area contributed by atoms with Crippen LogP contribution < -0.4 is 18.9 Å². The summed E-state index contributed by atoms with van der Waals surface area (Å²) in [5.41, 5.74) is 0.832. The van der Waals surface area contributed by atoms with Crippen LogP contribution in [0.15, 0.2) is 71.9 Å². The molecule has 0 aliphatic carbocycles. The fraction of sp³-hybridized carbons (Fsp3) is 0.267. The van der Waals surface area contributed by atoms with E-state index in [2.05, 4.69) is 36.5 Å². The Hall–Kier alpha value is -4.73. The van der Waals surface area contributed by atoms with Crippen LogP contribution in [0.3, 0.4) is 0 Å². The second kappa shape index (κ2) is 13.3. The molecule has 11 nitrogen and oxygen atoms in total. The van der Waals surface area contributed by atoms with Gasteiger partial charge in [0.1, 0.15) is 6.61 Å². The van der Waals surface area contributed by atoms with Gasteiger partial charge in [-0.1, -0.05) is 56.9 Å². The topological polar surface area (TPSA) is 135 Å². The number of anilines is 1. The molecule has 2 aromatic carbocycles. The van der Waals surface area contributed by atoms with Crippen LogP contribution in [0.2, 0.25) is 0 Å². The molecular formula is C30H31N5O6S. The predicted octanol–water partition coefficient (Wildman–Crippen LogP) is 4.86. The van der Waals surface area contributed by atoms with E-state index in [4.69, 9.17) is 18.9 Å². The van der Waals surface area contributed by atoms with Crippen molar-refractivity contribution in [3.63, 3.8) is 0 Å². The summed E-state index contributed by atoms with van der Waals surface area (Å²) in [6.45, 7) is 6.25. The van der Waals surface area contributed by atoms with E-state index in [1.165, 1.54) is 38.7 Å². The van der Waals surface area contributed by atoms with Gasteiger partial charge in [-0.05, 0) is 41.3 Å². The standard InChI is InChI=1S/C30H31N5O6S/c1-30(2,3)21-13-15-22(16-14-21)42(36,37)35-26-25(41-24-12-7-6-11-23(24)39-5)29(40-20-9-8-19-38-4)34-28(33-26)27-31-17-10-18-32-27/h6-7,10-18H,19-20H2,1-5H3,(H,33,34,35). The highest BCUT2D eigenvalue weighted by atomic mass is 32.2. The van der Waals surface area contributed by atoms with Gasteiger partial charge >= 0.3 is 0 Å². The Bertz CT molecular complexity index is 1680. The quantitative estimate of drug-likeness (QED) is 0.256. The van der Waals surface area contributed by atoms with Crippen LogP contribution >= 0.6 is 0 Å². The highest BCUT2D eigenvalue weighted by Gasteiger charge is 2.26. The Balaban J connectivity index is 1.85. The van der Waals surface area contributed by atoms with E-state index in [1.807, 2.05) is 20.8 Å². The minimum atomic E-state index is -4.15. The maximum Gasteiger partial charge on any atom is 0.264 e. The molecule has 0 radical (unpaired) electrons. The molecule has 0 spiro atoms. The SMILES string of the molecule is COCC#CCOc1nc(-c2ncccn2)nc(NS(=O)(=O)c2ccc(C(C)(C)C)cc2)c1Oc1ccccc1OC. The molecule has 0 fully saturated rings. The molecule has 12 heteroatoms. The molecule has 0 aliphatic rings. The molecular weight excluding hydrogens is 558 g/mol. The molecule has 2 aromatic heterocycles. The Morgan fingerprint density at radius 1 is 0.833 bits per heavy atom. The van der Waals surface area contributed by atoms with E-state index in [0.717, 1.165) is 5.56 Å². The van der Waals surface area contributed by atoms with Gasteiger partial charge < -0.3 is 18.9 Å². The van der Waals surface area contributed by atoms with Gasteiger partial charge in [0.2, 0.25) is 11.6 Å². The van der Waals surface area contributed by atoms with Crippen molar-refractivity contribution in [1.29, 1.82) is 0 Å². The van der Waals surface area contributed by atoms with Crippen molar-refractivity contribution in [1.82, 2.24) is 19.9 Å². The van der Waals surface area contributed by atoms with Gasteiger partial charge in [0.05, 0.1) is 12.0 Å². The molecule has 0 unspecified atom stereocenters. The van der Waals surface area contributed by atoms with Gasteiger partial charge in [0.15, 0.2) is 29.7 Å². The monoisotopic (exact) mass is 589 g/mol. The van der Waals surface area contributed by atoms with E-state index in [0.29, 0.717) is 5.75 Å². The summed E-state index contributed by atoms with van der Waals surface area (Å²) in [4.78, 5) is 17.4. The van der Waals surface area contributed by atoms with Crippen molar-refractivity contribution in [3.8, 4) is 46.6 Å². The van der Waals surface area contributed by atoms with Gasteiger partial charge in [-0.15, -0.1) is 0 Å². The first-order chi connectivity index (χ1) is 20.1. The third-order valence-corrected chi connectivity index (χ3v) is 7.12. The lowest BCUT2D eigenvalue weighted by Crippen LogP contribution is -2.17. The first kappa shape index (κ1) is 30.2. The van der Waals surface area contributed by atoms with Crippen LogP contribution in [0.4, 0.5) is 5.82 Å². The number of aromatic nitrogens is 4. The first-order valence-electron chi connectivity index (χ1n) is 12.8. The van der Waals surface area contributed by atoms with Gasteiger partial charge in [-0.25, -0.2) is 23.4 Å². The number of para-hydroxylation sites is 2. The first-order valence-corrected chi connectivity index (χ1v) is 14.3. The smallest absolute Gasteiger partial charge is 0.264 e. The van der Waals surface area contributed by atoms with Crippen LogP contribution in [-0.4, -0.2) is 55.8 Å². The van der Waals surface area contributed by atoms with Crippen molar-refractivity contribution >= 4 is 15.8 Å². The number of ether oxygens (including phenoxy) is 4. The number of hydrogen-bond donors (Lipinski definition) is 1. The molecule has 1 N–H and O–H groups in total. The lowest BCUT2D eigenvalue weighted by atomic mass is 9.87. The summed E-state index contributed by atoms with van der Waals surface area (Å²) in [5.74, 6) is 6.02. The molecule has 218 valence electrons. The summed E-state index contributed by atoms with van der Waals surface area (Å²) < 4.78 is 52.2. The fourth-order valence-corrected chi connectivity index (χ4v) is 4.62. The van der Waals surface area contributed by atoms with Gasteiger partial charge in [0.25, 0.3) is 15.9 Å². The van der Waals surface area contributed by atoms with Crippen molar-refractivity contribution in [2.75, 3.05) is 32.2 Å². The van der Waals surface area contributed by atoms with Crippen LogP contribution in [0.1, 0.15) is 26.3 Å². The Morgan fingerprint density at radius 2 is 1.50 bits per heavy atom. The molecule has 0 saturated heterocycles. The van der Waals surface area contributed by atoms with Crippen molar-refractivity contribution in [2.45, 2.75) is 31.1 Å². The summed E-state index contributed by atoms with van der Waals surface area (Å²) in [5, 5.41) is 0. The van der Waals surface area contributed by atoms with Gasteiger partial charge in [-0.3, -0.25) is 4.72 Å². The highest BCUT2D eigenvalue weighted by Crippen LogP contribution is 2.41. The van der Waals surface area contributed by atoms with E-state index < -0.39 is 10.0 Å². The Morgan fingerprint density at radius 3 is 2.14 bits per heavy atom. The van der Waals surface area contributed by atoms with Crippen molar-refractivity contribution in [3.05, 3.63) is 72.6 Å². The van der Waals surface area contributed by atoms with E-state index in [9.17, 15) is 8.42 Å². The zero-order valence-electron chi connectivity index (χ0n) is 23.9. The average Bonchev–Trinajstić information content (AvgIpc) is 2.98. The van der Waals surface area contributed by atoms with Crippen LogP contribution in [0.25, 0.3) is 11.6 Å². The predicted molar refractivity (Wildman–Crippen MR) is 157 cm³/mol. The van der Waals surface area contributed by atoms with E-state index in [1.54, 1.807) is 42.5 Å². The normalized spacial score (nSPS) is 11.3. The number of nitrogens with zero attached hydrogens (tertiary/aromatic N) is 4. The number of hydrogen-bond acceptors (Lipinski definition) is 10. The number of benzene rings is 2. The number of sulfonamides is 1. The van der Waals surface area contributed by atoms with E-state index in [-0.39, 0.29) is 58.4 Å². The zero-order valence-corrected chi connectivity index (χ0v) is 24.7. The molecule has 4 rings (SSSR count). The molecule has 0 aliphatic heterocycles. The minimum Gasteiger partial charge on any atom is -0.493 e.